The number of sulfonamides is 1. The Balaban J connectivity index is 2.00. The molecule has 21 heavy (non-hydrogen) atoms. The molecule has 0 aliphatic rings. The van der Waals surface area contributed by atoms with Crippen molar-refractivity contribution in [2.75, 3.05) is 13.6 Å². The normalized spacial score (nSPS) is 11.8. The van der Waals surface area contributed by atoms with Crippen molar-refractivity contribution in [3.05, 3.63) is 64.9 Å². The van der Waals surface area contributed by atoms with Gasteiger partial charge in [-0.2, -0.15) is 0 Å². The Morgan fingerprint density at radius 3 is 2.48 bits per heavy atom. The SMILES string of the molecule is CN(CCc1ccncc1)S(=O)(=O)Cc1ccccc1Cl. The standard InChI is InChI=1S/C15H17ClN2O2S/c1-18(11-8-13-6-9-17-10-7-13)21(19,20)12-14-4-2-3-5-15(14)16/h2-7,9-10H,8,11-12H2,1H3. The minimum atomic E-state index is -3.37. The number of likely N-dealkylation sites (N-methyl/N-ethyl adjacent to an activating group) is 1. The maximum absolute atomic E-state index is 12.3. The lowest BCUT2D eigenvalue weighted by molar-refractivity contribution is 0.471. The fourth-order valence-electron chi connectivity index (χ4n) is 1.90. The molecular formula is C15H17ClN2O2S. The summed E-state index contributed by atoms with van der Waals surface area (Å²) in [5, 5.41) is 0.476. The Morgan fingerprint density at radius 1 is 1.14 bits per heavy atom. The first kappa shape index (κ1) is 15.9. The molecule has 0 radical (unpaired) electrons. The zero-order chi connectivity index (χ0) is 15.3. The number of hydrogen-bond acceptors (Lipinski definition) is 3. The minimum absolute atomic E-state index is 0.0838. The summed E-state index contributed by atoms with van der Waals surface area (Å²) < 4.78 is 26.0. The van der Waals surface area contributed by atoms with Crippen molar-refractivity contribution in [1.82, 2.24) is 9.29 Å². The van der Waals surface area contributed by atoms with Crippen LogP contribution in [0.2, 0.25) is 5.02 Å². The summed E-state index contributed by atoms with van der Waals surface area (Å²) in [7, 11) is -1.78. The van der Waals surface area contributed by atoms with Gasteiger partial charge >= 0.3 is 0 Å². The largest absolute Gasteiger partial charge is 0.265 e. The Bertz CT molecular complexity index is 690. The summed E-state index contributed by atoms with van der Waals surface area (Å²) in [4.78, 5) is 3.94. The second-order valence-electron chi connectivity index (χ2n) is 4.77. The highest BCUT2D eigenvalue weighted by molar-refractivity contribution is 7.88. The van der Waals surface area contributed by atoms with Gasteiger partial charge in [-0.15, -0.1) is 0 Å². The van der Waals surface area contributed by atoms with Gasteiger partial charge < -0.3 is 0 Å². The molecule has 0 saturated carbocycles. The molecule has 0 aliphatic carbocycles. The van der Waals surface area contributed by atoms with E-state index in [2.05, 4.69) is 4.98 Å². The Labute approximate surface area is 130 Å². The molecule has 2 rings (SSSR count). The molecule has 1 heterocycles. The summed E-state index contributed by atoms with van der Waals surface area (Å²) in [6.07, 6.45) is 4.06. The first-order valence-electron chi connectivity index (χ1n) is 6.55. The third-order valence-electron chi connectivity index (χ3n) is 3.24. The van der Waals surface area contributed by atoms with Crippen molar-refractivity contribution in [3.8, 4) is 0 Å². The lowest BCUT2D eigenvalue weighted by Gasteiger charge is -2.17. The molecule has 6 heteroatoms. The van der Waals surface area contributed by atoms with Gasteiger partial charge in [0.2, 0.25) is 10.0 Å². The van der Waals surface area contributed by atoms with Gasteiger partial charge in [-0.25, -0.2) is 12.7 Å². The van der Waals surface area contributed by atoms with Crippen LogP contribution in [0.4, 0.5) is 0 Å². The van der Waals surface area contributed by atoms with Crippen molar-refractivity contribution in [2.24, 2.45) is 0 Å². The van der Waals surface area contributed by atoms with Crippen molar-refractivity contribution >= 4 is 21.6 Å². The van der Waals surface area contributed by atoms with E-state index in [1.165, 1.54) is 4.31 Å². The van der Waals surface area contributed by atoms with Gasteiger partial charge in [0, 0.05) is 31.0 Å². The number of halogens is 1. The first-order valence-corrected chi connectivity index (χ1v) is 8.54. The molecule has 1 aromatic heterocycles. The van der Waals surface area contributed by atoms with Gasteiger partial charge in [0.15, 0.2) is 0 Å². The summed E-state index contributed by atoms with van der Waals surface area (Å²) in [6.45, 7) is 0.427. The van der Waals surface area contributed by atoms with Crippen LogP contribution in [0.1, 0.15) is 11.1 Å². The number of aromatic nitrogens is 1. The highest BCUT2D eigenvalue weighted by Gasteiger charge is 2.19. The van der Waals surface area contributed by atoms with E-state index in [0.717, 1.165) is 5.56 Å². The van der Waals surface area contributed by atoms with E-state index in [0.29, 0.717) is 23.6 Å². The van der Waals surface area contributed by atoms with Crippen LogP contribution < -0.4 is 0 Å². The maximum atomic E-state index is 12.3. The quantitative estimate of drug-likeness (QED) is 0.821. The molecular weight excluding hydrogens is 308 g/mol. The van der Waals surface area contributed by atoms with Gasteiger partial charge in [0.25, 0.3) is 0 Å². The minimum Gasteiger partial charge on any atom is -0.265 e. The summed E-state index contributed by atoms with van der Waals surface area (Å²) in [5.41, 5.74) is 1.68. The van der Waals surface area contributed by atoms with Crippen LogP contribution >= 0.6 is 11.6 Å². The van der Waals surface area contributed by atoms with Crippen LogP contribution in [-0.4, -0.2) is 31.3 Å². The van der Waals surface area contributed by atoms with E-state index in [-0.39, 0.29) is 5.75 Å². The number of pyridine rings is 1. The molecule has 0 atom stereocenters. The summed E-state index contributed by atoms with van der Waals surface area (Å²) in [6, 6.07) is 10.8. The number of hydrogen-bond donors (Lipinski definition) is 0. The molecule has 0 fully saturated rings. The summed E-state index contributed by atoms with van der Waals surface area (Å²) >= 11 is 6.02. The van der Waals surface area contributed by atoms with Crippen LogP contribution in [-0.2, 0) is 22.2 Å². The van der Waals surface area contributed by atoms with Gasteiger partial charge in [-0.1, -0.05) is 29.8 Å². The third-order valence-corrected chi connectivity index (χ3v) is 5.41. The molecule has 0 N–H and O–H groups in total. The van der Waals surface area contributed by atoms with E-state index in [1.54, 1.807) is 43.7 Å². The third kappa shape index (κ3) is 4.52. The molecule has 1 aromatic carbocycles. The monoisotopic (exact) mass is 324 g/mol. The number of benzene rings is 1. The molecule has 0 aliphatic heterocycles. The van der Waals surface area contributed by atoms with Crippen LogP contribution in [0.25, 0.3) is 0 Å². The Hall–Kier alpha value is -1.43. The van der Waals surface area contributed by atoms with Crippen molar-refractivity contribution < 1.29 is 8.42 Å². The molecule has 0 amide bonds. The fraction of sp³-hybridized carbons (Fsp3) is 0.267. The molecule has 0 saturated heterocycles. The first-order chi connectivity index (χ1) is 9.99. The average Bonchev–Trinajstić information content (AvgIpc) is 2.48. The van der Waals surface area contributed by atoms with Crippen LogP contribution in [0.3, 0.4) is 0 Å². The molecule has 2 aromatic rings. The van der Waals surface area contributed by atoms with Crippen LogP contribution in [0.15, 0.2) is 48.8 Å². The van der Waals surface area contributed by atoms with Gasteiger partial charge in [-0.05, 0) is 35.7 Å². The smallest absolute Gasteiger partial charge is 0.218 e. The lowest BCUT2D eigenvalue weighted by atomic mass is 10.2. The second kappa shape index (κ2) is 7.02. The molecule has 0 spiro atoms. The van der Waals surface area contributed by atoms with E-state index in [4.69, 9.17) is 11.6 Å². The highest BCUT2D eigenvalue weighted by atomic mass is 35.5. The molecule has 0 unspecified atom stereocenters. The molecule has 0 bridgehead atoms. The van der Waals surface area contributed by atoms with Crippen LogP contribution in [0.5, 0.6) is 0 Å². The second-order valence-corrected chi connectivity index (χ2v) is 7.26. The molecule has 112 valence electrons. The predicted octanol–water partition coefficient (Wildman–Crippen LogP) is 2.74. The van der Waals surface area contributed by atoms with E-state index < -0.39 is 10.0 Å². The highest BCUT2D eigenvalue weighted by Crippen LogP contribution is 2.19. The lowest BCUT2D eigenvalue weighted by Crippen LogP contribution is -2.30. The fourth-order valence-corrected chi connectivity index (χ4v) is 3.41. The van der Waals surface area contributed by atoms with E-state index >= 15 is 0 Å². The zero-order valence-corrected chi connectivity index (χ0v) is 13.3. The van der Waals surface area contributed by atoms with E-state index in [9.17, 15) is 8.42 Å². The Morgan fingerprint density at radius 2 is 1.81 bits per heavy atom. The zero-order valence-electron chi connectivity index (χ0n) is 11.7. The topological polar surface area (TPSA) is 50.3 Å². The van der Waals surface area contributed by atoms with Gasteiger partial charge in [0.05, 0.1) is 5.75 Å². The van der Waals surface area contributed by atoms with Crippen molar-refractivity contribution in [2.45, 2.75) is 12.2 Å². The Kier molecular flexibility index (Phi) is 5.33. The predicted molar refractivity (Wildman–Crippen MR) is 84.6 cm³/mol. The number of rotatable bonds is 6. The average molecular weight is 325 g/mol. The van der Waals surface area contributed by atoms with Gasteiger partial charge in [0.1, 0.15) is 0 Å². The number of nitrogens with zero attached hydrogens (tertiary/aromatic N) is 2. The maximum Gasteiger partial charge on any atom is 0.218 e. The van der Waals surface area contributed by atoms with E-state index in [1.807, 2.05) is 12.1 Å². The molecule has 4 nitrogen and oxygen atoms in total. The van der Waals surface area contributed by atoms with Crippen molar-refractivity contribution in [3.63, 3.8) is 0 Å². The van der Waals surface area contributed by atoms with Crippen LogP contribution in [0, 0.1) is 0 Å². The van der Waals surface area contributed by atoms with Gasteiger partial charge in [-0.3, -0.25) is 4.98 Å². The summed E-state index contributed by atoms with van der Waals surface area (Å²) in [5.74, 6) is -0.0838. The van der Waals surface area contributed by atoms with Crippen molar-refractivity contribution in [1.29, 1.82) is 0 Å².